The van der Waals surface area contributed by atoms with E-state index in [0.29, 0.717) is 48.3 Å². The summed E-state index contributed by atoms with van der Waals surface area (Å²) in [5.41, 5.74) is 1.19. The normalized spacial score (nSPS) is 19.6. The van der Waals surface area contributed by atoms with Crippen LogP contribution in [0.2, 0.25) is 5.02 Å². The van der Waals surface area contributed by atoms with Crippen molar-refractivity contribution in [2.24, 2.45) is 10.9 Å². The molecule has 1 amide bonds. The Kier molecular flexibility index (Phi) is 8.55. The van der Waals surface area contributed by atoms with Gasteiger partial charge in [-0.1, -0.05) is 30.2 Å². The summed E-state index contributed by atoms with van der Waals surface area (Å²) in [5.74, 6) is -0.671. The number of rotatable bonds is 4. The first kappa shape index (κ1) is 32.9. The van der Waals surface area contributed by atoms with Crippen molar-refractivity contribution in [3.63, 3.8) is 0 Å². The molecule has 0 fully saturated rings. The van der Waals surface area contributed by atoms with E-state index >= 15 is 0 Å². The topological polar surface area (TPSA) is 158 Å². The third-order valence-electron chi connectivity index (χ3n) is 8.64. The van der Waals surface area contributed by atoms with Crippen LogP contribution >= 0.6 is 11.6 Å². The quantitative estimate of drug-likeness (QED) is 0.224. The number of aliphatic hydroxyl groups is 1. The van der Waals surface area contributed by atoms with Crippen LogP contribution in [0, 0.1) is 5.92 Å². The van der Waals surface area contributed by atoms with Crippen LogP contribution in [0.1, 0.15) is 56.1 Å². The maximum atomic E-state index is 13.8. The van der Waals surface area contributed by atoms with E-state index in [9.17, 15) is 27.9 Å². The summed E-state index contributed by atoms with van der Waals surface area (Å²) in [6.07, 6.45) is 5.96. The minimum Gasteiger partial charge on any atom is -0.493 e. The van der Waals surface area contributed by atoms with Crippen molar-refractivity contribution < 1.29 is 23.1 Å². The molecular weight excluding hydrogens is 677 g/mol. The van der Waals surface area contributed by atoms with Crippen LogP contribution in [-0.2, 0) is 11.0 Å². The summed E-state index contributed by atoms with van der Waals surface area (Å²) in [7, 11) is 0. The van der Waals surface area contributed by atoms with Gasteiger partial charge in [0.05, 0.1) is 47.4 Å². The number of aliphatic imine (C=N–C) groups is 1. The number of aromatic nitrogens is 8. The van der Waals surface area contributed by atoms with Gasteiger partial charge < -0.3 is 10.4 Å². The highest BCUT2D eigenvalue weighted by Crippen LogP contribution is 2.35. The Hall–Kier alpha value is -5.64. The van der Waals surface area contributed by atoms with Crippen molar-refractivity contribution in [1.82, 2.24) is 39.3 Å². The van der Waals surface area contributed by atoms with E-state index in [1.54, 1.807) is 35.4 Å². The Morgan fingerprint density at radius 1 is 1.06 bits per heavy atom. The Morgan fingerprint density at radius 2 is 1.90 bits per heavy atom. The zero-order chi connectivity index (χ0) is 35.2. The van der Waals surface area contributed by atoms with Crippen molar-refractivity contribution in [3.8, 4) is 28.2 Å². The molecule has 0 aliphatic carbocycles. The van der Waals surface area contributed by atoms with Gasteiger partial charge in [-0.05, 0) is 43.2 Å². The molecule has 2 N–H and O–H groups in total. The molecule has 7 rings (SSSR count). The second-order valence-electron chi connectivity index (χ2n) is 12.0. The highest BCUT2D eigenvalue weighted by Gasteiger charge is 2.35. The fourth-order valence-electron chi connectivity index (χ4n) is 6.02. The maximum absolute atomic E-state index is 13.8. The molecule has 6 heterocycles. The molecule has 2 aliphatic rings. The Bertz CT molecular complexity index is 2220. The summed E-state index contributed by atoms with van der Waals surface area (Å²) in [6, 6.07) is 8.39. The number of aliphatic hydroxyl groups excluding tert-OH is 1. The Labute approximate surface area is 286 Å². The van der Waals surface area contributed by atoms with Crippen LogP contribution < -0.4 is 10.9 Å². The summed E-state index contributed by atoms with van der Waals surface area (Å²) in [4.78, 5) is 40.1. The number of carbonyl (C=O) groups is 1. The molecule has 0 spiro atoms. The fourth-order valence-corrected chi connectivity index (χ4v) is 6.19. The molecule has 50 heavy (non-hydrogen) atoms. The number of hydrogen-bond acceptors (Lipinski definition) is 9. The number of nitrogens with one attached hydrogen (secondary N) is 1. The van der Waals surface area contributed by atoms with Crippen molar-refractivity contribution in [3.05, 3.63) is 100 Å². The smallest absolute Gasteiger partial charge is 0.436 e. The number of benzene rings is 1. The number of nitrogens with zero attached hydrogens (tertiary/aromatic N) is 9. The number of fused-ring (bicyclic) bond motifs is 4. The van der Waals surface area contributed by atoms with Crippen LogP contribution in [0.25, 0.3) is 28.2 Å². The highest BCUT2D eigenvalue weighted by molar-refractivity contribution is 6.31. The van der Waals surface area contributed by atoms with Crippen LogP contribution in [0.15, 0.2) is 83.1 Å². The number of pyridine rings is 1. The van der Waals surface area contributed by atoms with Gasteiger partial charge in [0.1, 0.15) is 5.69 Å². The number of allylic oxidation sites excluding steroid dienone is 1. The molecule has 0 radical (unpaired) electrons. The molecule has 2 bridgehead atoms. The maximum Gasteiger partial charge on any atom is 0.436 e. The third-order valence-corrected chi connectivity index (χ3v) is 8.87. The monoisotopic (exact) mass is 704 g/mol. The second-order valence-corrected chi connectivity index (χ2v) is 12.5. The van der Waals surface area contributed by atoms with Gasteiger partial charge in [0.25, 0.3) is 5.56 Å². The predicted molar refractivity (Wildman–Crippen MR) is 177 cm³/mol. The van der Waals surface area contributed by atoms with Crippen LogP contribution in [-0.4, -0.2) is 56.5 Å². The number of amides is 1. The third kappa shape index (κ3) is 6.53. The van der Waals surface area contributed by atoms with Gasteiger partial charge in [-0.15, -0.1) is 5.10 Å². The van der Waals surface area contributed by atoms with Gasteiger partial charge in [-0.25, -0.2) is 14.7 Å². The SMILES string of the molecule is C[C@@H]1CCC[C@H](n2cnc(-c3cc(Cl)ccc3-n3cc(C(F)(F)F)nn3)cc2=O)c2cc(ccn2)-c2nn(C3C=C(O)N=CC3)cc2NC1=O. The van der Waals surface area contributed by atoms with E-state index in [-0.39, 0.29) is 45.7 Å². The first-order valence-electron chi connectivity index (χ1n) is 15.6. The molecule has 5 aromatic rings. The van der Waals surface area contributed by atoms with Crippen molar-refractivity contribution >= 4 is 29.4 Å². The second kappa shape index (κ2) is 13.0. The average molecular weight is 705 g/mol. The molecular formula is C33H28ClF3N10O3. The fraction of sp³-hybridized carbons (Fsp3) is 0.273. The lowest BCUT2D eigenvalue weighted by Crippen LogP contribution is -2.27. The van der Waals surface area contributed by atoms with E-state index in [0.717, 1.165) is 10.9 Å². The standard InChI is InChI=1S/C33H28ClF3N10O3/c1-18-3-2-4-27(24-11-19(7-9-38-24)31-25(41-32(18)50)15-46(43-31)21-8-10-39-29(48)13-21)45-17-40-23(14-30(45)49)22-12-20(34)5-6-26(22)47-16-28(42-44-47)33(35,36)37/h5-7,9-18,21,27,48H,2-4,8H2,1H3,(H,41,50)/t18-,21?,27+/m1/s1. The largest absolute Gasteiger partial charge is 0.493 e. The average Bonchev–Trinajstić information content (AvgIpc) is 3.75. The van der Waals surface area contributed by atoms with Gasteiger partial charge in [0.15, 0.2) is 5.69 Å². The predicted octanol–water partition coefficient (Wildman–Crippen LogP) is 6.18. The van der Waals surface area contributed by atoms with E-state index in [2.05, 4.69) is 30.6 Å². The number of halogens is 4. The lowest BCUT2D eigenvalue weighted by atomic mass is 9.97. The van der Waals surface area contributed by atoms with E-state index in [1.807, 2.05) is 13.0 Å². The zero-order valence-electron chi connectivity index (χ0n) is 26.3. The van der Waals surface area contributed by atoms with E-state index in [4.69, 9.17) is 16.7 Å². The minimum absolute atomic E-state index is 0.122. The lowest BCUT2D eigenvalue weighted by Gasteiger charge is -2.22. The van der Waals surface area contributed by atoms with Crippen molar-refractivity contribution in [2.45, 2.75) is 50.9 Å². The van der Waals surface area contributed by atoms with Crippen LogP contribution in [0.4, 0.5) is 18.9 Å². The molecule has 17 heteroatoms. The van der Waals surface area contributed by atoms with E-state index in [1.165, 1.54) is 35.2 Å². The molecule has 4 aromatic heterocycles. The minimum atomic E-state index is -4.70. The Morgan fingerprint density at radius 3 is 2.66 bits per heavy atom. The summed E-state index contributed by atoms with van der Waals surface area (Å²) < 4.78 is 43.9. The number of hydrogen-bond donors (Lipinski definition) is 2. The van der Waals surface area contributed by atoms with Gasteiger partial charge in [-0.3, -0.25) is 23.8 Å². The van der Waals surface area contributed by atoms with Gasteiger partial charge in [-0.2, -0.15) is 18.3 Å². The first-order chi connectivity index (χ1) is 23.9. The van der Waals surface area contributed by atoms with Gasteiger partial charge in [0.2, 0.25) is 11.8 Å². The molecule has 13 nitrogen and oxygen atoms in total. The number of anilines is 1. The number of carbonyl (C=O) groups excluding carboxylic acids is 1. The van der Waals surface area contributed by atoms with E-state index < -0.39 is 23.5 Å². The summed E-state index contributed by atoms with van der Waals surface area (Å²) >= 11 is 6.26. The molecule has 0 saturated heterocycles. The van der Waals surface area contributed by atoms with Crippen molar-refractivity contribution in [1.29, 1.82) is 0 Å². The zero-order valence-corrected chi connectivity index (χ0v) is 27.0. The van der Waals surface area contributed by atoms with Crippen LogP contribution in [0.3, 0.4) is 0 Å². The van der Waals surface area contributed by atoms with Crippen LogP contribution in [0.5, 0.6) is 0 Å². The van der Waals surface area contributed by atoms with Gasteiger partial charge >= 0.3 is 6.18 Å². The first-order valence-corrected chi connectivity index (χ1v) is 16.0. The highest BCUT2D eigenvalue weighted by atomic mass is 35.5. The summed E-state index contributed by atoms with van der Waals surface area (Å²) in [6.45, 7) is 1.83. The molecule has 2 aliphatic heterocycles. The molecule has 256 valence electrons. The Balaban J connectivity index is 1.28. The molecule has 1 unspecified atom stereocenters. The summed E-state index contributed by atoms with van der Waals surface area (Å²) in [5, 5.41) is 24.9. The molecule has 3 atom stereocenters. The number of alkyl halides is 3. The van der Waals surface area contributed by atoms with Crippen molar-refractivity contribution in [2.75, 3.05) is 5.32 Å². The lowest BCUT2D eigenvalue weighted by molar-refractivity contribution is -0.141. The molecule has 1 aromatic carbocycles. The molecule has 0 saturated carbocycles. The van der Waals surface area contributed by atoms with Gasteiger partial charge in [0, 0.05) is 59.2 Å².